The third-order valence-electron chi connectivity index (χ3n) is 1.65. The molecule has 2 aromatic rings. The lowest BCUT2D eigenvalue weighted by molar-refractivity contribution is 0.406. The summed E-state index contributed by atoms with van der Waals surface area (Å²) in [5, 5.41) is 12.5. The molecule has 0 fully saturated rings. The Balaban J connectivity index is 2.03. The van der Waals surface area contributed by atoms with E-state index in [-0.39, 0.29) is 0 Å². The Bertz CT molecular complexity index is 384. The van der Waals surface area contributed by atoms with Crippen LogP contribution in [0.5, 0.6) is 0 Å². The van der Waals surface area contributed by atoms with Gasteiger partial charge in [0.1, 0.15) is 6.54 Å². The predicted octanol–water partition coefficient (Wildman–Crippen LogP) is 0.647. The molecular weight excluding hydrogens is 250 g/mol. The van der Waals surface area contributed by atoms with Gasteiger partial charge in [0.15, 0.2) is 5.82 Å². The van der Waals surface area contributed by atoms with E-state index in [2.05, 4.69) is 40.9 Å². The molecule has 2 heterocycles. The minimum absolute atomic E-state index is 0.492. The number of hydrogen-bond acceptors (Lipinski definition) is 5. The van der Waals surface area contributed by atoms with Crippen molar-refractivity contribution in [3.05, 3.63) is 24.1 Å². The molecule has 0 aliphatic rings. The lowest BCUT2D eigenvalue weighted by Crippen LogP contribution is -2.01. The van der Waals surface area contributed by atoms with Gasteiger partial charge in [0.25, 0.3) is 0 Å². The Morgan fingerprint density at radius 2 is 2.43 bits per heavy atom. The molecule has 0 atom stereocenters. The highest BCUT2D eigenvalue weighted by Crippen LogP contribution is 1.99. The lowest BCUT2D eigenvalue weighted by atomic mass is 10.4. The summed E-state index contributed by atoms with van der Waals surface area (Å²) in [6.07, 6.45) is 4.04. The van der Waals surface area contributed by atoms with Gasteiger partial charge in [0, 0.05) is 17.9 Å². The highest BCUT2D eigenvalue weighted by molar-refractivity contribution is 9.09. The fourth-order valence-electron chi connectivity index (χ4n) is 1.03. The number of aryl methyl sites for hydroxylation is 1. The van der Waals surface area contributed by atoms with Crippen molar-refractivity contribution < 1.29 is 4.52 Å². The predicted molar refractivity (Wildman–Crippen MR) is 50.9 cm³/mol. The van der Waals surface area contributed by atoms with Crippen LogP contribution in [0.3, 0.4) is 0 Å². The van der Waals surface area contributed by atoms with Gasteiger partial charge in [-0.15, -0.1) is 5.10 Å². The first kappa shape index (κ1) is 9.32. The Kier molecular flexibility index (Phi) is 2.87. The smallest absolute Gasteiger partial charge is 0.213 e. The second-order valence-corrected chi connectivity index (χ2v) is 3.49. The standard InChI is InChI=1S/C7H8BrN5O/c8-2-1-6-3-13(12-10-6)4-7-9-5-14-11-7/h3,5H,1-2,4H2. The Morgan fingerprint density at radius 3 is 3.14 bits per heavy atom. The topological polar surface area (TPSA) is 69.6 Å². The maximum atomic E-state index is 4.61. The van der Waals surface area contributed by atoms with Gasteiger partial charge >= 0.3 is 0 Å². The minimum atomic E-state index is 0.492. The highest BCUT2D eigenvalue weighted by atomic mass is 79.9. The van der Waals surface area contributed by atoms with Gasteiger partial charge in [-0.2, -0.15) is 4.98 Å². The maximum absolute atomic E-state index is 4.61. The molecule has 2 aromatic heterocycles. The number of aromatic nitrogens is 5. The zero-order valence-corrected chi connectivity index (χ0v) is 8.88. The van der Waals surface area contributed by atoms with Crippen molar-refractivity contribution >= 4 is 15.9 Å². The lowest BCUT2D eigenvalue weighted by Gasteiger charge is -1.91. The van der Waals surface area contributed by atoms with Gasteiger partial charge in [-0.3, -0.25) is 0 Å². The van der Waals surface area contributed by atoms with E-state index in [0.717, 1.165) is 17.4 Å². The van der Waals surface area contributed by atoms with Crippen molar-refractivity contribution in [1.82, 2.24) is 25.1 Å². The summed E-state index contributed by atoms with van der Waals surface area (Å²) in [7, 11) is 0. The van der Waals surface area contributed by atoms with E-state index >= 15 is 0 Å². The number of alkyl halides is 1. The first-order valence-corrected chi connectivity index (χ1v) is 5.21. The monoisotopic (exact) mass is 257 g/mol. The highest BCUT2D eigenvalue weighted by Gasteiger charge is 2.03. The van der Waals surface area contributed by atoms with Crippen molar-refractivity contribution in [3.8, 4) is 0 Å². The van der Waals surface area contributed by atoms with Crippen LogP contribution >= 0.6 is 15.9 Å². The van der Waals surface area contributed by atoms with Crippen molar-refractivity contribution in [3.63, 3.8) is 0 Å². The van der Waals surface area contributed by atoms with Crippen LogP contribution in [0.15, 0.2) is 17.1 Å². The SMILES string of the molecule is BrCCc1cn(Cc2ncon2)nn1. The largest absolute Gasteiger partial charge is 0.343 e. The Labute approximate surface area is 88.4 Å². The molecule has 0 bridgehead atoms. The fourth-order valence-corrected chi connectivity index (χ4v) is 1.44. The van der Waals surface area contributed by atoms with Gasteiger partial charge in [-0.1, -0.05) is 26.3 Å². The number of nitrogens with zero attached hydrogens (tertiary/aromatic N) is 5. The molecule has 0 aromatic carbocycles. The molecule has 0 amide bonds. The summed E-state index contributed by atoms with van der Waals surface area (Å²) >= 11 is 3.34. The molecular formula is C7H8BrN5O. The van der Waals surface area contributed by atoms with E-state index in [1.54, 1.807) is 4.68 Å². The summed E-state index contributed by atoms with van der Waals surface area (Å²) in [5.74, 6) is 0.597. The molecule has 0 unspecified atom stereocenters. The molecule has 6 nitrogen and oxygen atoms in total. The Morgan fingerprint density at radius 1 is 1.50 bits per heavy atom. The van der Waals surface area contributed by atoms with E-state index in [4.69, 9.17) is 0 Å². The first-order valence-electron chi connectivity index (χ1n) is 4.08. The second kappa shape index (κ2) is 4.32. The van der Waals surface area contributed by atoms with Crippen LogP contribution in [-0.2, 0) is 13.0 Å². The number of rotatable bonds is 4. The molecule has 14 heavy (non-hydrogen) atoms. The first-order chi connectivity index (χ1) is 6.88. The van der Waals surface area contributed by atoms with Crippen LogP contribution in [0.2, 0.25) is 0 Å². The zero-order chi connectivity index (χ0) is 9.80. The van der Waals surface area contributed by atoms with E-state index in [1.807, 2.05) is 6.20 Å². The van der Waals surface area contributed by atoms with Crippen molar-refractivity contribution in [1.29, 1.82) is 0 Å². The summed E-state index contributed by atoms with van der Waals surface area (Å²) in [6.45, 7) is 0.492. The molecule has 74 valence electrons. The Hall–Kier alpha value is -1.24. The second-order valence-electron chi connectivity index (χ2n) is 2.69. The third kappa shape index (κ3) is 2.16. The summed E-state index contributed by atoms with van der Waals surface area (Å²) < 4.78 is 6.29. The van der Waals surface area contributed by atoms with E-state index < -0.39 is 0 Å². The molecule has 0 spiro atoms. The van der Waals surface area contributed by atoms with E-state index in [1.165, 1.54) is 6.39 Å². The van der Waals surface area contributed by atoms with Crippen molar-refractivity contribution in [2.45, 2.75) is 13.0 Å². The average Bonchev–Trinajstić information content (AvgIpc) is 2.79. The van der Waals surface area contributed by atoms with Crippen LogP contribution in [0, 0.1) is 0 Å². The number of halogens is 1. The van der Waals surface area contributed by atoms with E-state index in [0.29, 0.717) is 12.4 Å². The molecule has 0 saturated carbocycles. The molecule has 0 aliphatic carbocycles. The summed E-state index contributed by atoms with van der Waals surface area (Å²) in [4.78, 5) is 3.89. The van der Waals surface area contributed by atoms with Crippen molar-refractivity contribution in [2.24, 2.45) is 0 Å². The van der Waals surface area contributed by atoms with Crippen LogP contribution in [-0.4, -0.2) is 30.5 Å². The molecule has 7 heteroatoms. The van der Waals surface area contributed by atoms with Crippen LogP contribution in [0.25, 0.3) is 0 Å². The van der Waals surface area contributed by atoms with Crippen LogP contribution in [0.4, 0.5) is 0 Å². The van der Waals surface area contributed by atoms with Gasteiger partial charge in [0.05, 0.1) is 5.69 Å². The normalized spacial score (nSPS) is 10.6. The fraction of sp³-hybridized carbons (Fsp3) is 0.429. The quantitative estimate of drug-likeness (QED) is 0.753. The van der Waals surface area contributed by atoms with Gasteiger partial charge in [0.2, 0.25) is 6.39 Å². The van der Waals surface area contributed by atoms with Crippen molar-refractivity contribution in [2.75, 3.05) is 5.33 Å². The number of hydrogen-bond donors (Lipinski definition) is 0. The van der Waals surface area contributed by atoms with Gasteiger partial charge in [-0.25, -0.2) is 4.68 Å². The zero-order valence-electron chi connectivity index (χ0n) is 7.30. The van der Waals surface area contributed by atoms with Gasteiger partial charge in [-0.05, 0) is 0 Å². The van der Waals surface area contributed by atoms with Crippen LogP contribution in [0.1, 0.15) is 11.5 Å². The third-order valence-corrected chi connectivity index (χ3v) is 2.04. The average molecular weight is 258 g/mol. The van der Waals surface area contributed by atoms with Gasteiger partial charge < -0.3 is 4.52 Å². The molecule has 0 saturated heterocycles. The molecule has 2 rings (SSSR count). The molecule has 0 N–H and O–H groups in total. The maximum Gasteiger partial charge on any atom is 0.213 e. The minimum Gasteiger partial charge on any atom is -0.343 e. The molecule has 0 radical (unpaired) electrons. The summed E-state index contributed by atoms with van der Waals surface area (Å²) in [6, 6.07) is 0. The summed E-state index contributed by atoms with van der Waals surface area (Å²) in [5.41, 5.74) is 0.949. The molecule has 0 aliphatic heterocycles. The van der Waals surface area contributed by atoms with Crippen LogP contribution < -0.4 is 0 Å². The van der Waals surface area contributed by atoms with E-state index in [9.17, 15) is 0 Å².